The lowest BCUT2D eigenvalue weighted by Crippen LogP contribution is -2.33. The Balaban J connectivity index is 1.17. The minimum absolute atomic E-state index is 0.0140. The van der Waals surface area contributed by atoms with Crippen LogP contribution in [-0.4, -0.2) is 49.9 Å². The fourth-order valence-electron chi connectivity index (χ4n) is 5.18. The van der Waals surface area contributed by atoms with Crippen molar-refractivity contribution in [3.63, 3.8) is 0 Å². The van der Waals surface area contributed by atoms with Gasteiger partial charge in [0.15, 0.2) is 10.8 Å². The van der Waals surface area contributed by atoms with E-state index in [0.29, 0.717) is 52.2 Å². The van der Waals surface area contributed by atoms with Crippen LogP contribution in [0.1, 0.15) is 45.9 Å². The Hall–Kier alpha value is -3.69. The van der Waals surface area contributed by atoms with E-state index < -0.39 is 5.54 Å². The normalized spacial score (nSPS) is 20.2. The fraction of sp³-hybridized carbons (Fsp3) is 0.367. The van der Waals surface area contributed by atoms with Gasteiger partial charge in [-0.2, -0.15) is 0 Å². The molecule has 0 spiro atoms. The number of nitrogens with zero attached hydrogens (tertiary/aromatic N) is 5. The topological polar surface area (TPSA) is 107 Å². The molecule has 6 rings (SSSR count). The minimum Gasteiger partial charge on any atom is -0.474 e. The molecule has 1 aromatic carbocycles. The van der Waals surface area contributed by atoms with Gasteiger partial charge in [-0.05, 0) is 69.5 Å². The van der Waals surface area contributed by atoms with Crippen molar-refractivity contribution in [2.45, 2.75) is 46.3 Å². The number of thiazole rings is 1. The van der Waals surface area contributed by atoms with E-state index in [2.05, 4.69) is 53.1 Å². The van der Waals surface area contributed by atoms with E-state index in [1.165, 1.54) is 22.5 Å². The molecule has 3 aromatic heterocycles. The fourth-order valence-corrected chi connectivity index (χ4v) is 6.16. The number of piperidine rings is 1. The first-order valence-corrected chi connectivity index (χ1v) is 14.0. The van der Waals surface area contributed by atoms with Crippen molar-refractivity contribution in [3.8, 4) is 28.0 Å². The lowest BCUT2D eigenvalue weighted by Gasteiger charge is -2.22. The molecule has 1 saturated heterocycles. The largest absolute Gasteiger partial charge is 0.474 e. The molecule has 0 bridgehead atoms. The lowest BCUT2D eigenvalue weighted by molar-refractivity contribution is 0.0755. The van der Waals surface area contributed by atoms with Gasteiger partial charge in [-0.15, -0.1) is 11.3 Å². The number of amides is 1. The minimum atomic E-state index is -0.533. The number of nitrogens with two attached hydrogens (primary N) is 1. The maximum absolute atomic E-state index is 13.3. The molecule has 2 aliphatic rings. The average molecular weight is 541 g/mol. The van der Waals surface area contributed by atoms with E-state index in [-0.39, 0.29) is 12.0 Å². The summed E-state index contributed by atoms with van der Waals surface area (Å²) >= 11 is 1.35. The van der Waals surface area contributed by atoms with Crippen LogP contribution >= 0.6 is 11.3 Å². The van der Waals surface area contributed by atoms with Gasteiger partial charge in [0.05, 0.1) is 11.4 Å². The van der Waals surface area contributed by atoms with Gasteiger partial charge in [0.2, 0.25) is 5.88 Å². The number of fused-ring (bicyclic) bond motifs is 1. The van der Waals surface area contributed by atoms with Crippen LogP contribution in [0.15, 0.2) is 48.8 Å². The van der Waals surface area contributed by atoms with E-state index in [9.17, 15) is 4.79 Å². The third kappa shape index (κ3) is 4.92. The number of hydrogen-bond donors (Lipinski definition) is 1. The molecular weight excluding hydrogens is 508 g/mol. The quantitative estimate of drug-likeness (QED) is 0.369. The average Bonchev–Trinajstić information content (AvgIpc) is 3.22. The molecule has 2 N–H and O–H groups in total. The van der Waals surface area contributed by atoms with Crippen molar-refractivity contribution in [2.24, 2.45) is 17.6 Å². The molecule has 9 heteroatoms. The van der Waals surface area contributed by atoms with Crippen LogP contribution < -0.4 is 10.5 Å². The number of rotatable bonds is 6. The molecule has 39 heavy (non-hydrogen) atoms. The molecule has 2 fully saturated rings. The highest BCUT2D eigenvalue weighted by molar-refractivity contribution is 7.17. The molecule has 1 aliphatic carbocycles. The van der Waals surface area contributed by atoms with Crippen LogP contribution in [0.25, 0.3) is 22.1 Å². The summed E-state index contributed by atoms with van der Waals surface area (Å²) in [5.74, 6) is 1.72. The SMILES string of the molecule is Cc1ccc(-c2cc(C(C)(C)N)cc(OC3C4CN(C(=O)c5sc(-c6ncccn6)nc5C)CC43)n2)cc1C. The molecule has 8 nitrogen and oxygen atoms in total. The highest BCUT2D eigenvalue weighted by atomic mass is 32.1. The zero-order chi connectivity index (χ0) is 27.5. The molecule has 2 atom stereocenters. The Bertz CT molecular complexity index is 1550. The van der Waals surface area contributed by atoms with Gasteiger partial charge in [0.1, 0.15) is 11.0 Å². The molecule has 200 valence electrons. The number of aromatic nitrogens is 4. The number of carbonyl (C=O) groups excluding carboxylic acids is 1. The summed E-state index contributed by atoms with van der Waals surface area (Å²) in [7, 11) is 0. The van der Waals surface area contributed by atoms with E-state index in [1.54, 1.807) is 18.5 Å². The molecule has 1 saturated carbocycles. The zero-order valence-electron chi connectivity index (χ0n) is 22.8. The van der Waals surface area contributed by atoms with Crippen molar-refractivity contribution in [1.29, 1.82) is 0 Å². The van der Waals surface area contributed by atoms with Gasteiger partial charge >= 0.3 is 0 Å². The molecule has 4 aromatic rings. The summed E-state index contributed by atoms with van der Waals surface area (Å²) in [4.78, 5) is 33.8. The van der Waals surface area contributed by atoms with Gasteiger partial charge in [-0.3, -0.25) is 4.79 Å². The van der Waals surface area contributed by atoms with E-state index >= 15 is 0 Å². The van der Waals surface area contributed by atoms with E-state index in [0.717, 1.165) is 16.8 Å². The van der Waals surface area contributed by atoms with Gasteiger partial charge < -0.3 is 15.4 Å². The van der Waals surface area contributed by atoms with Gasteiger partial charge in [0.25, 0.3) is 5.91 Å². The van der Waals surface area contributed by atoms with Crippen LogP contribution in [-0.2, 0) is 5.54 Å². The summed E-state index contributed by atoms with van der Waals surface area (Å²) in [6.07, 6.45) is 3.40. The Morgan fingerprint density at radius 3 is 2.41 bits per heavy atom. The Morgan fingerprint density at radius 2 is 1.74 bits per heavy atom. The third-order valence-electron chi connectivity index (χ3n) is 7.76. The molecule has 2 unspecified atom stereocenters. The van der Waals surface area contributed by atoms with Crippen molar-refractivity contribution in [1.82, 2.24) is 24.8 Å². The number of benzene rings is 1. The van der Waals surface area contributed by atoms with Gasteiger partial charge in [-0.25, -0.2) is 19.9 Å². The molecule has 1 aliphatic heterocycles. The van der Waals surface area contributed by atoms with Crippen molar-refractivity contribution in [3.05, 3.63) is 76.1 Å². The summed E-state index contributed by atoms with van der Waals surface area (Å²) < 4.78 is 6.43. The standard InChI is InChI=1S/C30H32N6O2S/c1-16-7-8-19(11-17(16)2)23-12-20(30(4,5)31)13-24(35-23)38-25-21-14-36(15-22(21)25)29(37)26-18(3)34-28(39-26)27-32-9-6-10-33-27/h6-13,21-22,25H,14-15,31H2,1-5H3. The van der Waals surface area contributed by atoms with Crippen LogP contribution in [0.2, 0.25) is 0 Å². The molecule has 1 amide bonds. The Labute approximate surface area is 232 Å². The molecule has 0 radical (unpaired) electrons. The van der Waals surface area contributed by atoms with Crippen molar-refractivity contribution in [2.75, 3.05) is 13.1 Å². The monoisotopic (exact) mass is 540 g/mol. The van der Waals surface area contributed by atoms with Crippen LogP contribution in [0, 0.1) is 32.6 Å². The number of carbonyl (C=O) groups is 1. The predicted octanol–water partition coefficient (Wildman–Crippen LogP) is 4.93. The zero-order valence-corrected chi connectivity index (χ0v) is 23.6. The highest BCUT2D eigenvalue weighted by Crippen LogP contribution is 2.48. The lowest BCUT2D eigenvalue weighted by atomic mass is 9.94. The summed E-state index contributed by atoms with van der Waals surface area (Å²) in [6, 6.07) is 12.1. The van der Waals surface area contributed by atoms with Crippen molar-refractivity contribution < 1.29 is 9.53 Å². The number of pyridine rings is 1. The predicted molar refractivity (Wildman–Crippen MR) is 152 cm³/mol. The highest BCUT2D eigenvalue weighted by Gasteiger charge is 2.59. The van der Waals surface area contributed by atoms with Crippen molar-refractivity contribution >= 4 is 17.2 Å². The summed E-state index contributed by atoms with van der Waals surface area (Å²) in [5, 5.41) is 0.662. The first-order chi connectivity index (χ1) is 18.6. The number of hydrogen-bond acceptors (Lipinski definition) is 8. The van der Waals surface area contributed by atoms with Gasteiger partial charge in [0, 0.05) is 54.5 Å². The number of aryl methyl sites for hydroxylation is 3. The third-order valence-corrected chi connectivity index (χ3v) is 8.90. The maximum atomic E-state index is 13.3. The maximum Gasteiger partial charge on any atom is 0.265 e. The number of likely N-dealkylation sites (tertiary alicyclic amines) is 1. The summed E-state index contributed by atoms with van der Waals surface area (Å²) in [6.45, 7) is 11.4. The second kappa shape index (κ2) is 9.50. The van der Waals surface area contributed by atoms with Crippen LogP contribution in [0.4, 0.5) is 0 Å². The Kier molecular flexibility index (Phi) is 6.23. The van der Waals surface area contributed by atoms with Crippen LogP contribution in [0.3, 0.4) is 0 Å². The second-order valence-corrected chi connectivity index (χ2v) is 12.2. The number of ether oxygens (including phenoxy) is 1. The Morgan fingerprint density at radius 1 is 1.03 bits per heavy atom. The first-order valence-electron chi connectivity index (χ1n) is 13.2. The molecular formula is C30H32N6O2S. The second-order valence-electron chi connectivity index (χ2n) is 11.2. The smallest absolute Gasteiger partial charge is 0.265 e. The molecule has 4 heterocycles. The van der Waals surface area contributed by atoms with E-state index in [4.69, 9.17) is 15.5 Å². The van der Waals surface area contributed by atoms with Gasteiger partial charge in [-0.1, -0.05) is 12.1 Å². The first kappa shape index (κ1) is 25.6. The summed E-state index contributed by atoms with van der Waals surface area (Å²) in [5.41, 5.74) is 12.0. The van der Waals surface area contributed by atoms with Crippen LogP contribution in [0.5, 0.6) is 5.88 Å². The van der Waals surface area contributed by atoms with E-state index in [1.807, 2.05) is 31.7 Å².